The topological polar surface area (TPSA) is 46.5 Å². The minimum Gasteiger partial charge on any atom is -0.133 e. The van der Waals surface area contributed by atoms with E-state index in [0.29, 0.717) is 12.5 Å². The van der Waals surface area contributed by atoms with Crippen molar-refractivity contribution in [2.45, 2.75) is 26.7 Å². The third-order valence-electron chi connectivity index (χ3n) is 1.51. The standard InChI is InChI=1S/C6H13O3P/c1-3-6(2)4-5-9-10(7)8/h6H,3-5H2,1-2H3/p+1. The zero-order valence-electron chi connectivity index (χ0n) is 6.41. The summed E-state index contributed by atoms with van der Waals surface area (Å²) in [6.45, 7) is 4.57. The van der Waals surface area contributed by atoms with Crippen LogP contribution in [0.2, 0.25) is 0 Å². The summed E-state index contributed by atoms with van der Waals surface area (Å²) >= 11 is 0. The summed E-state index contributed by atoms with van der Waals surface area (Å²) in [5.41, 5.74) is 0. The highest BCUT2D eigenvalue weighted by molar-refractivity contribution is 7.32. The van der Waals surface area contributed by atoms with E-state index in [2.05, 4.69) is 18.4 Å². The van der Waals surface area contributed by atoms with Gasteiger partial charge in [0.1, 0.15) is 6.61 Å². The van der Waals surface area contributed by atoms with E-state index in [-0.39, 0.29) is 0 Å². The predicted molar refractivity (Wildman–Crippen MR) is 39.8 cm³/mol. The number of rotatable bonds is 5. The van der Waals surface area contributed by atoms with E-state index in [4.69, 9.17) is 4.89 Å². The molecule has 0 rings (SSSR count). The van der Waals surface area contributed by atoms with Gasteiger partial charge in [-0.1, -0.05) is 20.3 Å². The molecule has 0 aromatic carbocycles. The molecule has 0 aromatic heterocycles. The summed E-state index contributed by atoms with van der Waals surface area (Å²) in [6.07, 6.45) is 1.95. The zero-order chi connectivity index (χ0) is 7.98. The van der Waals surface area contributed by atoms with Gasteiger partial charge in [-0.3, -0.25) is 0 Å². The van der Waals surface area contributed by atoms with Crippen LogP contribution < -0.4 is 0 Å². The predicted octanol–water partition coefficient (Wildman–Crippen LogP) is 2.09. The van der Waals surface area contributed by atoms with E-state index in [0.717, 1.165) is 12.8 Å². The smallest absolute Gasteiger partial charge is 0.133 e. The fourth-order valence-corrected chi connectivity index (χ4v) is 0.798. The lowest BCUT2D eigenvalue weighted by Gasteiger charge is -2.02. The zero-order valence-corrected chi connectivity index (χ0v) is 7.30. The first kappa shape index (κ1) is 10.0. The second-order valence-corrected chi connectivity index (χ2v) is 3.11. The van der Waals surface area contributed by atoms with Gasteiger partial charge in [0.05, 0.1) is 0 Å². The molecule has 0 heterocycles. The SMILES string of the molecule is CCC(C)CCO[P+](=O)O. The van der Waals surface area contributed by atoms with Crippen LogP contribution in [0.1, 0.15) is 26.7 Å². The van der Waals surface area contributed by atoms with Gasteiger partial charge >= 0.3 is 8.25 Å². The minimum absolute atomic E-state index is 0.390. The maximum Gasteiger partial charge on any atom is 0.694 e. The molecule has 60 valence electrons. The molecular weight excluding hydrogens is 151 g/mol. The van der Waals surface area contributed by atoms with Gasteiger partial charge in [-0.25, -0.2) is 0 Å². The Hall–Kier alpha value is 0.0200. The van der Waals surface area contributed by atoms with Crippen molar-refractivity contribution in [3.8, 4) is 0 Å². The van der Waals surface area contributed by atoms with Crippen molar-refractivity contribution in [2.75, 3.05) is 6.61 Å². The van der Waals surface area contributed by atoms with Crippen molar-refractivity contribution >= 4 is 8.25 Å². The lowest BCUT2D eigenvalue weighted by Crippen LogP contribution is -1.96. The largest absolute Gasteiger partial charge is 0.694 e. The average molecular weight is 165 g/mol. The Morgan fingerprint density at radius 2 is 2.30 bits per heavy atom. The summed E-state index contributed by atoms with van der Waals surface area (Å²) in [5.74, 6) is 0.579. The fraction of sp³-hybridized carbons (Fsp3) is 1.00. The first-order valence-electron chi connectivity index (χ1n) is 3.45. The minimum atomic E-state index is -2.39. The Kier molecular flexibility index (Phi) is 5.79. The van der Waals surface area contributed by atoms with Crippen LogP contribution in [0.15, 0.2) is 0 Å². The number of hydrogen-bond donors (Lipinski definition) is 1. The molecule has 0 aliphatic rings. The molecule has 0 aromatic rings. The van der Waals surface area contributed by atoms with Crippen molar-refractivity contribution < 1.29 is 14.0 Å². The molecule has 1 N–H and O–H groups in total. The summed E-state index contributed by atoms with van der Waals surface area (Å²) in [4.78, 5) is 8.22. The summed E-state index contributed by atoms with van der Waals surface area (Å²) in [5, 5.41) is 0. The van der Waals surface area contributed by atoms with Gasteiger partial charge in [0.25, 0.3) is 0 Å². The van der Waals surface area contributed by atoms with Gasteiger partial charge in [-0.2, -0.15) is 0 Å². The van der Waals surface area contributed by atoms with Crippen LogP contribution in [-0.4, -0.2) is 11.5 Å². The molecule has 4 heteroatoms. The summed E-state index contributed by atoms with van der Waals surface area (Å²) < 4.78 is 14.5. The average Bonchev–Trinajstić information content (AvgIpc) is 1.87. The van der Waals surface area contributed by atoms with Crippen LogP contribution in [0.3, 0.4) is 0 Å². The van der Waals surface area contributed by atoms with Crippen LogP contribution >= 0.6 is 8.25 Å². The molecule has 0 saturated heterocycles. The second kappa shape index (κ2) is 5.78. The Morgan fingerprint density at radius 3 is 2.70 bits per heavy atom. The molecule has 2 unspecified atom stereocenters. The molecule has 2 atom stereocenters. The van der Waals surface area contributed by atoms with Crippen molar-refractivity contribution in [1.82, 2.24) is 0 Å². The third-order valence-corrected chi connectivity index (χ3v) is 1.91. The molecule has 0 radical (unpaired) electrons. The van der Waals surface area contributed by atoms with Crippen molar-refractivity contribution in [1.29, 1.82) is 0 Å². The Bertz CT molecular complexity index is 105. The maximum atomic E-state index is 10.00. The molecule has 10 heavy (non-hydrogen) atoms. The van der Waals surface area contributed by atoms with Crippen LogP contribution in [0, 0.1) is 5.92 Å². The quantitative estimate of drug-likeness (QED) is 0.634. The molecule has 0 bridgehead atoms. The van der Waals surface area contributed by atoms with Gasteiger partial charge in [-0.15, -0.1) is 9.42 Å². The lowest BCUT2D eigenvalue weighted by atomic mass is 10.1. The van der Waals surface area contributed by atoms with Crippen LogP contribution in [0.4, 0.5) is 0 Å². The molecular formula is C6H14O3P+. The Labute approximate surface area is 62.3 Å². The van der Waals surface area contributed by atoms with E-state index in [1.54, 1.807) is 0 Å². The lowest BCUT2D eigenvalue weighted by molar-refractivity contribution is 0.258. The number of hydrogen-bond acceptors (Lipinski definition) is 2. The van der Waals surface area contributed by atoms with Crippen molar-refractivity contribution in [2.24, 2.45) is 5.92 Å². The van der Waals surface area contributed by atoms with Gasteiger partial charge in [0.15, 0.2) is 0 Å². The van der Waals surface area contributed by atoms with Crippen molar-refractivity contribution in [3.05, 3.63) is 0 Å². The van der Waals surface area contributed by atoms with E-state index >= 15 is 0 Å². The van der Waals surface area contributed by atoms with Crippen LogP contribution in [-0.2, 0) is 9.09 Å². The highest BCUT2D eigenvalue weighted by Gasteiger charge is 2.11. The Morgan fingerprint density at radius 1 is 1.70 bits per heavy atom. The highest BCUT2D eigenvalue weighted by atomic mass is 31.1. The van der Waals surface area contributed by atoms with E-state index in [9.17, 15) is 4.57 Å². The monoisotopic (exact) mass is 165 g/mol. The highest BCUT2D eigenvalue weighted by Crippen LogP contribution is 2.16. The summed E-state index contributed by atoms with van der Waals surface area (Å²) in [7, 11) is -2.39. The van der Waals surface area contributed by atoms with E-state index in [1.165, 1.54) is 0 Å². The molecule has 0 aliphatic heterocycles. The van der Waals surface area contributed by atoms with Gasteiger partial charge in [-0.05, 0) is 12.3 Å². The van der Waals surface area contributed by atoms with Crippen LogP contribution in [0.5, 0.6) is 0 Å². The summed E-state index contributed by atoms with van der Waals surface area (Å²) in [6, 6.07) is 0. The first-order valence-corrected chi connectivity index (χ1v) is 4.59. The van der Waals surface area contributed by atoms with Crippen molar-refractivity contribution in [3.63, 3.8) is 0 Å². The third kappa shape index (κ3) is 6.14. The Balaban J connectivity index is 3.11. The van der Waals surface area contributed by atoms with E-state index < -0.39 is 8.25 Å². The van der Waals surface area contributed by atoms with Crippen LogP contribution in [0.25, 0.3) is 0 Å². The molecule has 3 nitrogen and oxygen atoms in total. The molecule has 0 fully saturated rings. The van der Waals surface area contributed by atoms with Gasteiger partial charge in [0, 0.05) is 4.57 Å². The van der Waals surface area contributed by atoms with Gasteiger partial charge < -0.3 is 0 Å². The van der Waals surface area contributed by atoms with Gasteiger partial charge in [0.2, 0.25) is 0 Å². The molecule has 0 amide bonds. The molecule has 0 saturated carbocycles. The first-order chi connectivity index (χ1) is 4.66. The second-order valence-electron chi connectivity index (χ2n) is 2.37. The van der Waals surface area contributed by atoms with E-state index in [1.807, 2.05) is 0 Å². The fourth-order valence-electron chi connectivity index (χ4n) is 0.536. The molecule has 0 aliphatic carbocycles. The molecule has 0 spiro atoms. The maximum absolute atomic E-state index is 10.00. The normalized spacial score (nSPS) is 14.9.